The Labute approximate surface area is 148 Å². The van der Waals surface area contributed by atoms with Crippen LogP contribution in [0.25, 0.3) is 4.96 Å². The first kappa shape index (κ1) is 16.9. The summed E-state index contributed by atoms with van der Waals surface area (Å²) < 4.78 is 7.14. The van der Waals surface area contributed by atoms with Crippen molar-refractivity contribution in [2.75, 3.05) is 0 Å². The van der Waals surface area contributed by atoms with Gasteiger partial charge >= 0.3 is 0 Å². The first-order valence-corrected chi connectivity index (χ1v) is 8.95. The van der Waals surface area contributed by atoms with E-state index in [9.17, 15) is 4.79 Å². The van der Waals surface area contributed by atoms with Crippen LogP contribution in [0.3, 0.4) is 0 Å². The minimum absolute atomic E-state index is 0.180. The van der Waals surface area contributed by atoms with Crippen molar-refractivity contribution in [3.63, 3.8) is 0 Å². The number of fused-ring (bicyclic) bond motifs is 1. The first-order valence-electron chi connectivity index (χ1n) is 7.76. The number of rotatable bonds is 5. The quantitative estimate of drug-likeness (QED) is 0.688. The molecule has 0 aliphatic rings. The molecule has 0 atom stereocenters. The maximum absolute atomic E-state index is 12.2. The zero-order valence-corrected chi connectivity index (χ0v) is 15.4. The Morgan fingerprint density at radius 2 is 1.96 bits per heavy atom. The van der Waals surface area contributed by atoms with Gasteiger partial charge in [-0.3, -0.25) is 4.79 Å². The highest BCUT2D eigenvalue weighted by molar-refractivity contribution is 7.16. The first-order chi connectivity index (χ1) is 11.5. The van der Waals surface area contributed by atoms with Crippen LogP contribution < -0.4 is 10.3 Å². The lowest BCUT2D eigenvalue weighted by Crippen LogP contribution is -2.16. The van der Waals surface area contributed by atoms with Crippen LogP contribution in [0.1, 0.15) is 35.2 Å². The van der Waals surface area contributed by atoms with Gasteiger partial charge in [0.05, 0.1) is 5.69 Å². The molecule has 0 N–H and O–H groups in total. The van der Waals surface area contributed by atoms with E-state index in [4.69, 9.17) is 16.3 Å². The number of hydrogen-bond donors (Lipinski definition) is 0. The van der Waals surface area contributed by atoms with Crippen molar-refractivity contribution in [3.8, 4) is 5.75 Å². The largest absolute Gasteiger partial charge is 0.487 e. The number of nitrogens with zero attached hydrogens (tertiary/aromatic N) is 3. The van der Waals surface area contributed by atoms with E-state index in [-0.39, 0.29) is 12.2 Å². The maximum Gasteiger partial charge on any atom is 0.275 e. The lowest BCUT2D eigenvalue weighted by atomic mass is 10.1. The van der Waals surface area contributed by atoms with Crippen molar-refractivity contribution >= 4 is 27.9 Å². The van der Waals surface area contributed by atoms with Crippen molar-refractivity contribution in [2.45, 2.75) is 40.2 Å². The third-order valence-electron chi connectivity index (χ3n) is 3.60. The van der Waals surface area contributed by atoms with E-state index in [2.05, 4.69) is 17.0 Å². The number of benzene rings is 1. The van der Waals surface area contributed by atoms with Gasteiger partial charge in [-0.15, -0.1) is 0 Å². The fourth-order valence-electron chi connectivity index (χ4n) is 2.43. The SMILES string of the molecule is CCCc1nn2c(=O)cc(COc3cc(C)c(Cl)c(C)c3)nc2s1. The Bertz CT molecular complexity index is 926. The lowest BCUT2D eigenvalue weighted by Gasteiger charge is -2.09. The Morgan fingerprint density at radius 3 is 2.62 bits per heavy atom. The van der Waals surface area contributed by atoms with Crippen LogP contribution in [0.15, 0.2) is 23.0 Å². The molecule has 0 saturated carbocycles. The number of ether oxygens (including phenoxy) is 1. The average Bonchev–Trinajstić information content (AvgIpc) is 2.94. The molecule has 0 amide bonds. The minimum Gasteiger partial charge on any atom is -0.487 e. The van der Waals surface area contributed by atoms with E-state index >= 15 is 0 Å². The normalized spacial score (nSPS) is 11.2. The molecule has 2 heterocycles. The molecule has 0 unspecified atom stereocenters. The van der Waals surface area contributed by atoms with Crippen LogP contribution >= 0.6 is 22.9 Å². The summed E-state index contributed by atoms with van der Waals surface area (Å²) in [7, 11) is 0. The van der Waals surface area contributed by atoms with Crippen LogP contribution in [-0.2, 0) is 13.0 Å². The molecule has 0 aliphatic carbocycles. The van der Waals surface area contributed by atoms with Crippen LogP contribution in [0.2, 0.25) is 5.02 Å². The summed E-state index contributed by atoms with van der Waals surface area (Å²) in [5.74, 6) is 0.715. The van der Waals surface area contributed by atoms with Gasteiger partial charge in [0, 0.05) is 17.5 Å². The monoisotopic (exact) mass is 363 g/mol. The highest BCUT2D eigenvalue weighted by Gasteiger charge is 2.10. The maximum atomic E-state index is 12.2. The van der Waals surface area contributed by atoms with E-state index in [1.54, 1.807) is 0 Å². The molecule has 0 spiro atoms. The van der Waals surface area contributed by atoms with Crippen molar-refractivity contribution in [3.05, 3.63) is 55.4 Å². The molecule has 3 aromatic rings. The van der Waals surface area contributed by atoms with Crippen LogP contribution in [0, 0.1) is 13.8 Å². The molecule has 2 aromatic heterocycles. The molecule has 0 aliphatic heterocycles. The van der Waals surface area contributed by atoms with Gasteiger partial charge in [-0.2, -0.15) is 9.61 Å². The smallest absolute Gasteiger partial charge is 0.275 e. The Morgan fingerprint density at radius 1 is 1.25 bits per heavy atom. The van der Waals surface area contributed by atoms with E-state index in [0.717, 1.165) is 34.0 Å². The standard InChI is InChI=1S/C17H18ClN3O2S/c1-4-5-14-20-21-15(22)8-12(19-17(21)24-14)9-23-13-6-10(2)16(18)11(3)7-13/h6-8H,4-5,9H2,1-3H3. The summed E-state index contributed by atoms with van der Waals surface area (Å²) in [6.07, 6.45) is 1.84. The second-order valence-corrected chi connectivity index (χ2v) is 7.10. The van der Waals surface area contributed by atoms with Crippen LogP contribution in [0.5, 0.6) is 5.75 Å². The molecule has 0 radical (unpaired) electrons. The fourth-order valence-corrected chi connectivity index (χ4v) is 3.56. The molecule has 0 saturated heterocycles. The lowest BCUT2D eigenvalue weighted by molar-refractivity contribution is 0.301. The molecular formula is C17H18ClN3O2S. The summed E-state index contributed by atoms with van der Waals surface area (Å²) in [6.45, 7) is 6.18. The van der Waals surface area contributed by atoms with Crippen LogP contribution in [-0.4, -0.2) is 14.6 Å². The Kier molecular flexibility index (Phi) is 4.87. The van der Waals surface area contributed by atoms with Gasteiger partial charge < -0.3 is 4.74 Å². The predicted molar refractivity (Wildman–Crippen MR) is 96.4 cm³/mol. The van der Waals surface area contributed by atoms with Gasteiger partial charge in [0.15, 0.2) is 0 Å². The molecule has 0 fully saturated rings. The van der Waals surface area contributed by atoms with Crippen LogP contribution in [0.4, 0.5) is 0 Å². The van der Waals surface area contributed by atoms with Gasteiger partial charge in [-0.1, -0.05) is 29.9 Å². The molecule has 126 valence electrons. The highest BCUT2D eigenvalue weighted by Crippen LogP contribution is 2.26. The third-order valence-corrected chi connectivity index (χ3v) is 5.16. The summed E-state index contributed by atoms with van der Waals surface area (Å²) in [5, 5.41) is 5.96. The molecule has 24 heavy (non-hydrogen) atoms. The molecule has 3 rings (SSSR count). The zero-order valence-electron chi connectivity index (χ0n) is 13.8. The Balaban J connectivity index is 1.84. The second kappa shape index (κ2) is 6.91. The van der Waals surface area contributed by atoms with Crippen molar-refractivity contribution < 1.29 is 4.74 Å². The van der Waals surface area contributed by atoms with E-state index in [0.29, 0.717) is 16.4 Å². The number of halogens is 1. The minimum atomic E-state index is -0.180. The highest BCUT2D eigenvalue weighted by atomic mass is 35.5. The summed E-state index contributed by atoms with van der Waals surface area (Å²) in [5.41, 5.74) is 2.33. The van der Waals surface area contributed by atoms with E-state index in [1.807, 2.05) is 26.0 Å². The fraction of sp³-hybridized carbons (Fsp3) is 0.353. The number of hydrogen-bond acceptors (Lipinski definition) is 5. The molecule has 0 bridgehead atoms. The molecule has 7 heteroatoms. The predicted octanol–water partition coefficient (Wildman–Crippen LogP) is 3.95. The van der Waals surface area contributed by atoms with E-state index in [1.165, 1.54) is 21.9 Å². The van der Waals surface area contributed by atoms with Crippen molar-refractivity contribution in [1.82, 2.24) is 14.6 Å². The van der Waals surface area contributed by atoms with Crippen molar-refractivity contribution in [1.29, 1.82) is 0 Å². The summed E-state index contributed by atoms with van der Waals surface area (Å²) in [6, 6.07) is 5.23. The Hall–Kier alpha value is -1.92. The van der Waals surface area contributed by atoms with Gasteiger partial charge in [0.25, 0.3) is 5.56 Å². The van der Waals surface area contributed by atoms with Gasteiger partial charge in [0.1, 0.15) is 17.4 Å². The summed E-state index contributed by atoms with van der Waals surface area (Å²) in [4.78, 5) is 17.3. The third kappa shape index (κ3) is 3.44. The average molecular weight is 364 g/mol. The van der Waals surface area contributed by atoms with Gasteiger partial charge in [-0.25, -0.2) is 4.98 Å². The topological polar surface area (TPSA) is 56.5 Å². The van der Waals surface area contributed by atoms with Gasteiger partial charge in [-0.05, 0) is 43.5 Å². The second-order valence-electron chi connectivity index (χ2n) is 5.69. The summed E-state index contributed by atoms with van der Waals surface area (Å²) >= 11 is 7.61. The van der Waals surface area contributed by atoms with E-state index < -0.39 is 0 Å². The molecule has 5 nitrogen and oxygen atoms in total. The number of aryl methyl sites for hydroxylation is 3. The molecule has 1 aromatic carbocycles. The van der Waals surface area contributed by atoms with Crippen molar-refractivity contribution in [2.24, 2.45) is 0 Å². The number of aromatic nitrogens is 3. The zero-order chi connectivity index (χ0) is 17.3. The van der Waals surface area contributed by atoms with Gasteiger partial charge in [0.2, 0.25) is 4.96 Å². The molecular weight excluding hydrogens is 346 g/mol.